The second kappa shape index (κ2) is 7.98. The number of anilines is 1. The van der Waals surface area contributed by atoms with Crippen molar-refractivity contribution in [3.8, 4) is 0 Å². The largest absolute Gasteiger partial charge is 0.466 e. The Kier molecular flexibility index (Phi) is 6.32. The van der Waals surface area contributed by atoms with Crippen LogP contribution in [0.1, 0.15) is 15.9 Å². The van der Waals surface area contributed by atoms with Crippen LogP contribution in [0, 0.1) is 6.92 Å². The van der Waals surface area contributed by atoms with Gasteiger partial charge in [-0.25, -0.2) is 9.59 Å². The van der Waals surface area contributed by atoms with E-state index in [2.05, 4.69) is 14.8 Å². The minimum atomic E-state index is -0.723. The van der Waals surface area contributed by atoms with E-state index in [0.29, 0.717) is 16.8 Å². The average molecular weight is 320 g/mol. The molecule has 7 nitrogen and oxygen atoms in total. The van der Waals surface area contributed by atoms with Crippen LogP contribution >= 0.6 is 0 Å². The van der Waals surface area contributed by atoms with Crippen LogP contribution in [0.15, 0.2) is 30.0 Å². The number of methoxy groups -OCH3 is 2. The van der Waals surface area contributed by atoms with Gasteiger partial charge in [0.05, 0.1) is 20.3 Å². The summed E-state index contributed by atoms with van der Waals surface area (Å²) in [5, 5.41) is 2.81. The smallest absolute Gasteiger partial charge is 0.354 e. The maximum absolute atomic E-state index is 12.1. The minimum Gasteiger partial charge on any atom is -0.466 e. The summed E-state index contributed by atoms with van der Waals surface area (Å²) >= 11 is 0. The predicted octanol–water partition coefficient (Wildman–Crippen LogP) is 1.34. The molecule has 1 amide bonds. The van der Waals surface area contributed by atoms with E-state index < -0.39 is 11.9 Å². The van der Waals surface area contributed by atoms with Gasteiger partial charge in [0, 0.05) is 25.3 Å². The maximum Gasteiger partial charge on any atom is 0.354 e. The molecule has 0 saturated heterocycles. The zero-order valence-corrected chi connectivity index (χ0v) is 13.8. The molecule has 7 heteroatoms. The van der Waals surface area contributed by atoms with Crippen LogP contribution in [0.2, 0.25) is 0 Å². The van der Waals surface area contributed by atoms with E-state index in [-0.39, 0.29) is 11.6 Å². The van der Waals surface area contributed by atoms with Gasteiger partial charge in [0.15, 0.2) is 0 Å². The molecule has 1 aromatic carbocycles. The third-order valence-electron chi connectivity index (χ3n) is 3.11. The third-order valence-corrected chi connectivity index (χ3v) is 3.11. The van der Waals surface area contributed by atoms with E-state index in [1.807, 2.05) is 0 Å². The van der Waals surface area contributed by atoms with E-state index in [9.17, 15) is 14.4 Å². The SMILES string of the molecule is COC(=O)/C=C(/Nc1cccc(C(=O)N(C)C)c1C)C(=O)OC. The molecule has 0 heterocycles. The number of carbonyl (C=O) groups is 3. The van der Waals surface area contributed by atoms with Crippen molar-refractivity contribution < 1.29 is 23.9 Å². The highest BCUT2D eigenvalue weighted by molar-refractivity contribution is 6.00. The Morgan fingerprint density at radius 2 is 1.78 bits per heavy atom. The summed E-state index contributed by atoms with van der Waals surface area (Å²) in [6.07, 6.45) is 0.992. The van der Waals surface area contributed by atoms with Gasteiger partial charge in [-0.15, -0.1) is 0 Å². The second-order valence-corrected chi connectivity index (χ2v) is 4.88. The summed E-state index contributed by atoms with van der Waals surface area (Å²) in [7, 11) is 5.71. The van der Waals surface area contributed by atoms with E-state index >= 15 is 0 Å². The lowest BCUT2D eigenvalue weighted by atomic mass is 10.1. The summed E-state index contributed by atoms with van der Waals surface area (Å²) in [5.41, 5.74) is 1.56. The lowest BCUT2D eigenvalue weighted by Crippen LogP contribution is -2.23. The fraction of sp³-hybridized carbons (Fsp3) is 0.312. The number of benzene rings is 1. The molecule has 1 rings (SSSR count). The van der Waals surface area contributed by atoms with E-state index in [0.717, 1.165) is 6.08 Å². The fourth-order valence-corrected chi connectivity index (χ4v) is 1.82. The van der Waals surface area contributed by atoms with Gasteiger partial charge in [-0.3, -0.25) is 4.79 Å². The van der Waals surface area contributed by atoms with Gasteiger partial charge < -0.3 is 19.7 Å². The first-order valence-electron chi connectivity index (χ1n) is 6.78. The average Bonchev–Trinajstić information content (AvgIpc) is 2.54. The standard InChI is InChI=1S/C16H20N2O5/c1-10-11(15(20)18(2)3)7-6-8-12(10)17-13(16(21)23-5)9-14(19)22-4/h6-9,17H,1-5H3/b13-9+. The summed E-state index contributed by atoms with van der Waals surface area (Å²) < 4.78 is 9.15. The number of nitrogens with zero attached hydrogens (tertiary/aromatic N) is 1. The van der Waals surface area contributed by atoms with Crippen molar-refractivity contribution in [2.24, 2.45) is 0 Å². The van der Waals surface area contributed by atoms with Crippen molar-refractivity contribution in [3.63, 3.8) is 0 Å². The van der Waals surface area contributed by atoms with Gasteiger partial charge in [-0.05, 0) is 24.6 Å². The van der Waals surface area contributed by atoms with Crippen molar-refractivity contribution in [1.82, 2.24) is 4.90 Å². The van der Waals surface area contributed by atoms with Gasteiger partial charge in [-0.1, -0.05) is 6.07 Å². The molecule has 0 aliphatic carbocycles. The number of amides is 1. The molecule has 0 unspecified atom stereocenters. The molecule has 0 bridgehead atoms. The number of ether oxygens (including phenoxy) is 2. The Morgan fingerprint density at radius 1 is 1.13 bits per heavy atom. The highest BCUT2D eigenvalue weighted by Gasteiger charge is 2.17. The molecule has 23 heavy (non-hydrogen) atoms. The Morgan fingerprint density at radius 3 is 2.30 bits per heavy atom. The van der Waals surface area contributed by atoms with Crippen LogP contribution in [0.4, 0.5) is 5.69 Å². The lowest BCUT2D eigenvalue weighted by Gasteiger charge is -2.16. The molecule has 0 fully saturated rings. The predicted molar refractivity (Wildman–Crippen MR) is 84.9 cm³/mol. The molecule has 1 N–H and O–H groups in total. The molecule has 0 spiro atoms. The number of nitrogens with one attached hydrogen (secondary N) is 1. The van der Waals surface area contributed by atoms with Crippen molar-refractivity contribution in [1.29, 1.82) is 0 Å². The molecule has 1 aromatic rings. The van der Waals surface area contributed by atoms with E-state index in [1.54, 1.807) is 39.2 Å². The summed E-state index contributed by atoms with van der Waals surface area (Å²) in [5.74, 6) is -1.59. The number of rotatable bonds is 5. The van der Waals surface area contributed by atoms with E-state index in [4.69, 9.17) is 0 Å². The molecule has 0 saturated carbocycles. The molecule has 0 radical (unpaired) electrons. The quantitative estimate of drug-likeness (QED) is 0.651. The van der Waals surface area contributed by atoms with Gasteiger partial charge in [0.25, 0.3) is 5.91 Å². The topological polar surface area (TPSA) is 84.9 Å². The van der Waals surface area contributed by atoms with Gasteiger partial charge in [0.1, 0.15) is 5.70 Å². The van der Waals surface area contributed by atoms with Crippen molar-refractivity contribution in [2.75, 3.05) is 33.6 Å². The van der Waals surface area contributed by atoms with E-state index in [1.165, 1.54) is 19.1 Å². The highest BCUT2D eigenvalue weighted by Crippen LogP contribution is 2.21. The number of hydrogen-bond donors (Lipinski definition) is 1. The lowest BCUT2D eigenvalue weighted by molar-refractivity contribution is -0.138. The molecular weight excluding hydrogens is 300 g/mol. The first-order chi connectivity index (χ1) is 10.8. The van der Waals surface area contributed by atoms with Crippen LogP contribution in [-0.2, 0) is 19.1 Å². The second-order valence-electron chi connectivity index (χ2n) is 4.88. The Hall–Kier alpha value is -2.83. The van der Waals surface area contributed by atoms with Gasteiger partial charge in [-0.2, -0.15) is 0 Å². The molecule has 0 aromatic heterocycles. The Bertz CT molecular complexity index is 650. The van der Waals surface area contributed by atoms with Crippen molar-refractivity contribution in [3.05, 3.63) is 41.1 Å². The molecule has 124 valence electrons. The summed E-state index contributed by atoms with van der Waals surface area (Å²) in [4.78, 5) is 36.7. The first-order valence-corrected chi connectivity index (χ1v) is 6.78. The Labute approximate surface area is 134 Å². The number of esters is 2. The van der Waals surface area contributed by atoms with Crippen molar-refractivity contribution in [2.45, 2.75) is 6.92 Å². The summed E-state index contributed by atoms with van der Waals surface area (Å²) in [6.45, 7) is 1.74. The molecule has 0 aliphatic rings. The third kappa shape index (κ3) is 4.57. The van der Waals surface area contributed by atoms with Gasteiger partial charge >= 0.3 is 11.9 Å². The zero-order valence-electron chi connectivity index (χ0n) is 13.8. The van der Waals surface area contributed by atoms with Crippen LogP contribution in [0.25, 0.3) is 0 Å². The number of hydrogen-bond acceptors (Lipinski definition) is 6. The normalized spacial score (nSPS) is 10.7. The van der Waals surface area contributed by atoms with Crippen molar-refractivity contribution >= 4 is 23.5 Å². The molecule has 0 atom stereocenters. The Balaban J connectivity index is 3.22. The zero-order chi connectivity index (χ0) is 17.6. The monoisotopic (exact) mass is 320 g/mol. The van der Waals surface area contributed by atoms with Crippen LogP contribution < -0.4 is 5.32 Å². The molecule has 0 aliphatic heterocycles. The fourth-order valence-electron chi connectivity index (χ4n) is 1.82. The van der Waals surface area contributed by atoms with Gasteiger partial charge in [0.2, 0.25) is 0 Å². The number of carbonyl (C=O) groups excluding carboxylic acids is 3. The molecular formula is C16H20N2O5. The maximum atomic E-state index is 12.1. The van der Waals surface area contributed by atoms with Crippen LogP contribution in [-0.4, -0.2) is 51.1 Å². The summed E-state index contributed by atoms with van der Waals surface area (Å²) in [6, 6.07) is 5.06. The van der Waals surface area contributed by atoms with Crippen LogP contribution in [0.5, 0.6) is 0 Å². The minimum absolute atomic E-state index is 0.0862. The first kappa shape index (κ1) is 18.2. The highest BCUT2D eigenvalue weighted by atomic mass is 16.5. The van der Waals surface area contributed by atoms with Crippen LogP contribution in [0.3, 0.4) is 0 Å².